The molecule has 0 unspecified atom stereocenters. The van der Waals surface area contributed by atoms with Gasteiger partial charge in [0, 0.05) is 36.8 Å². The van der Waals surface area contributed by atoms with Crippen molar-refractivity contribution in [2.45, 2.75) is 18.9 Å². The SMILES string of the molecule is Cl.Cl.O=C(/C=C/c1cnc(N[C@@H]2CCN(CCc3ccccc3Cl)C2)cn1)NO. The summed E-state index contributed by atoms with van der Waals surface area (Å²) in [5.74, 6) is 0.0959. The maximum Gasteiger partial charge on any atom is 0.267 e. The standard InChI is InChI=1S/C19H22ClN5O2.2ClH/c20-17-4-2-1-3-14(17)7-9-25-10-8-16(13-25)23-18-12-21-15(11-22-18)5-6-19(26)24-27;;/h1-6,11-12,16,27H,7-10,13H2,(H,22,23)(H,24,26);2*1H/b6-5+;;/t16-;;/m1../s1. The molecule has 2 heterocycles. The Labute approximate surface area is 187 Å². The quantitative estimate of drug-likeness (QED) is 0.334. The summed E-state index contributed by atoms with van der Waals surface area (Å²) < 4.78 is 0. The molecule has 0 bridgehead atoms. The first-order valence-electron chi connectivity index (χ1n) is 8.80. The zero-order chi connectivity index (χ0) is 19.1. The summed E-state index contributed by atoms with van der Waals surface area (Å²) in [5, 5.41) is 12.7. The van der Waals surface area contributed by atoms with E-state index < -0.39 is 5.91 Å². The number of nitrogens with one attached hydrogen (secondary N) is 2. The minimum Gasteiger partial charge on any atom is -0.365 e. The Hall–Kier alpha value is -1.90. The van der Waals surface area contributed by atoms with E-state index in [0.717, 1.165) is 37.5 Å². The highest BCUT2D eigenvalue weighted by Crippen LogP contribution is 2.18. The van der Waals surface area contributed by atoms with E-state index in [1.807, 2.05) is 18.2 Å². The van der Waals surface area contributed by atoms with Crippen LogP contribution in [0, 0.1) is 0 Å². The Balaban J connectivity index is 0.00000210. The zero-order valence-electron chi connectivity index (χ0n) is 15.6. The molecule has 7 nitrogen and oxygen atoms in total. The van der Waals surface area contributed by atoms with Crippen LogP contribution >= 0.6 is 36.4 Å². The van der Waals surface area contributed by atoms with Crippen molar-refractivity contribution in [1.82, 2.24) is 20.3 Å². The van der Waals surface area contributed by atoms with Crippen LogP contribution in [0.1, 0.15) is 17.7 Å². The van der Waals surface area contributed by atoms with E-state index in [9.17, 15) is 4.79 Å². The largest absolute Gasteiger partial charge is 0.365 e. The molecule has 1 atom stereocenters. The van der Waals surface area contributed by atoms with E-state index in [-0.39, 0.29) is 24.8 Å². The molecule has 1 aromatic carbocycles. The van der Waals surface area contributed by atoms with Crippen LogP contribution in [0.2, 0.25) is 5.02 Å². The van der Waals surface area contributed by atoms with Gasteiger partial charge in [-0.05, 0) is 30.5 Å². The monoisotopic (exact) mass is 459 g/mol. The molecule has 1 fully saturated rings. The van der Waals surface area contributed by atoms with Crippen LogP contribution in [0.15, 0.2) is 42.7 Å². The predicted molar refractivity (Wildman–Crippen MR) is 119 cm³/mol. The van der Waals surface area contributed by atoms with Gasteiger partial charge in [-0.3, -0.25) is 15.0 Å². The number of halogens is 3. The number of likely N-dealkylation sites (tertiary alicyclic amines) is 1. The zero-order valence-corrected chi connectivity index (χ0v) is 18.0. The Bertz CT molecular complexity index is 805. The smallest absolute Gasteiger partial charge is 0.267 e. The maximum absolute atomic E-state index is 11.0. The summed E-state index contributed by atoms with van der Waals surface area (Å²) in [4.78, 5) is 21.9. The van der Waals surface area contributed by atoms with Crippen molar-refractivity contribution in [3.8, 4) is 0 Å². The minimum atomic E-state index is -0.609. The van der Waals surface area contributed by atoms with Crippen LogP contribution in [-0.4, -0.2) is 51.7 Å². The van der Waals surface area contributed by atoms with Gasteiger partial charge >= 0.3 is 0 Å². The second kappa shape index (κ2) is 12.6. The molecule has 1 aliphatic heterocycles. The summed E-state index contributed by atoms with van der Waals surface area (Å²) in [6.07, 6.45) is 7.87. The highest BCUT2D eigenvalue weighted by Gasteiger charge is 2.22. The van der Waals surface area contributed by atoms with Crippen molar-refractivity contribution in [2.75, 3.05) is 25.0 Å². The van der Waals surface area contributed by atoms with Gasteiger partial charge in [0.25, 0.3) is 5.91 Å². The Kier molecular flexibility index (Phi) is 10.9. The van der Waals surface area contributed by atoms with Gasteiger partial charge in [0.05, 0.1) is 18.1 Å². The summed E-state index contributed by atoms with van der Waals surface area (Å²) >= 11 is 6.22. The lowest BCUT2D eigenvalue weighted by molar-refractivity contribution is -0.124. The summed E-state index contributed by atoms with van der Waals surface area (Å²) in [7, 11) is 0. The molecule has 29 heavy (non-hydrogen) atoms. The van der Waals surface area contributed by atoms with Crippen molar-refractivity contribution in [3.63, 3.8) is 0 Å². The van der Waals surface area contributed by atoms with Gasteiger partial charge in [-0.2, -0.15) is 0 Å². The average Bonchev–Trinajstić information content (AvgIpc) is 3.14. The van der Waals surface area contributed by atoms with E-state index in [2.05, 4.69) is 26.3 Å². The molecular weight excluding hydrogens is 437 g/mol. The first-order chi connectivity index (χ1) is 13.1. The fourth-order valence-corrected chi connectivity index (χ4v) is 3.27. The van der Waals surface area contributed by atoms with Crippen molar-refractivity contribution < 1.29 is 10.0 Å². The average molecular weight is 461 g/mol. The van der Waals surface area contributed by atoms with Crippen LogP contribution in [0.4, 0.5) is 5.82 Å². The Morgan fingerprint density at radius 2 is 2.07 bits per heavy atom. The van der Waals surface area contributed by atoms with E-state index >= 15 is 0 Å². The number of carbonyl (C=O) groups excluding carboxylic acids is 1. The molecule has 1 aliphatic rings. The number of hydroxylamine groups is 1. The highest BCUT2D eigenvalue weighted by atomic mass is 35.5. The molecule has 1 amide bonds. The summed E-state index contributed by atoms with van der Waals surface area (Å²) in [6, 6.07) is 8.30. The van der Waals surface area contributed by atoms with E-state index in [0.29, 0.717) is 17.6 Å². The van der Waals surface area contributed by atoms with Gasteiger partial charge in [-0.25, -0.2) is 10.5 Å². The molecule has 0 spiro atoms. The van der Waals surface area contributed by atoms with Crippen LogP contribution < -0.4 is 10.8 Å². The van der Waals surface area contributed by atoms with Crippen molar-refractivity contribution in [3.05, 3.63) is 59.0 Å². The van der Waals surface area contributed by atoms with Crippen LogP contribution in [0.3, 0.4) is 0 Å². The normalized spacial score (nSPS) is 16.1. The second-order valence-electron chi connectivity index (χ2n) is 6.41. The molecule has 0 aliphatic carbocycles. The number of hydrogen-bond acceptors (Lipinski definition) is 6. The third-order valence-electron chi connectivity index (χ3n) is 4.47. The molecule has 2 aromatic rings. The Morgan fingerprint density at radius 3 is 2.76 bits per heavy atom. The van der Waals surface area contributed by atoms with Gasteiger partial charge in [0.1, 0.15) is 5.82 Å². The van der Waals surface area contributed by atoms with E-state index in [1.165, 1.54) is 23.2 Å². The summed E-state index contributed by atoms with van der Waals surface area (Å²) in [6.45, 7) is 2.96. The summed E-state index contributed by atoms with van der Waals surface area (Å²) in [5.41, 5.74) is 3.24. The number of benzene rings is 1. The molecule has 1 saturated heterocycles. The third-order valence-corrected chi connectivity index (χ3v) is 4.84. The lowest BCUT2D eigenvalue weighted by Gasteiger charge is -2.17. The van der Waals surface area contributed by atoms with Crippen LogP contribution in [0.25, 0.3) is 6.08 Å². The first kappa shape index (κ1) is 25.1. The van der Waals surface area contributed by atoms with Gasteiger partial charge < -0.3 is 10.2 Å². The predicted octanol–water partition coefficient (Wildman–Crippen LogP) is 3.22. The number of nitrogens with zero attached hydrogens (tertiary/aromatic N) is 3. The van der Waals surface area contributed by atoms with Gasteiger partial charge in [0.2, 0.25) is 0 Å². The third kappa shape index (κ3) is 7.79. The molecule has 3 rings (SSSR count). The van der Waals surface area contributed by atoms with Crippen molar-refractivity contribution >= 4 is 54.2 Å². The Morgan fingerprint density at radius 1 is 1.28 bits per heavy atom. The van der Waals surface area contributed by atoms with Crippen LogP contribution in [-0.2, 0) is 11.2 Å². The number of anilines is 1. The number of hydrogen-bond donors (Lipinski definition) is 3. The molecular formula is C19H24Cl3N5O2. The molecule has 158 valence electrons. The second-order valence-corrected chi connectivity index (χ2v) is 6.82. The van der Waals surface area contributed by atoms with Crippen molar-refractivity contribution in [1.29, 1.82) is 0 Å². The molecule has 0 saturated carbocycles. The van der Waals surface area contributed by atoms with Crippen LogP contribution in [0.5, 0.6) is 0 Å². The minimum absolute atomic E-state index is 0. The first-order valence-corrected chi connectivity index (χ1v) is 9.18. The van der Waals surface area contributed by atoms with Gasteiger partial charge in [0.15, 0.2) is 0 Å². The van der Waals surface area contributed by atoms with E-state index in [4.69, 9.17) is 16.8 Å². The maximum atomic E-state index is 11.0. The highest BCUT2D eigenvalue weighted by molar-refractivity contribution is 6.31. The van der Waals surface area contributed by atoms with Gasteiger partial charge in [-0.15, -0.1) is 24.8 Å². The van der Waals surface area contributed by atoms with Crippen molar-refractivity contribution in [2.24, 2.45) is 0 Å². The molecule has 3 N–H and O–H groups in total. The molecule has 0 radical (unpaired) electrons. The number of rotatable bonds is 7. The number of carbonyl (C=O) groups is 1. The fourth-order valence-electron chi connectivity index (χ4n) is 3.04. The number of amides is 1. The number of aromatic nitrogens is 2. The topological polar surface area (TPSA) is 90.4 Å². The lowest BCUT2D eigenvalue weighted by Crippen LogP contribution is -2.28. The van der Waals surface area contributed by atoms with Gasteiger partial charge in [-0.1, -0.05) is 29.8 Å². The lowest BCUT2D eigenvalue weighted by atomic mass is 10.1. The van der Waals surface area contributed by atoms with E-state index in [1.54, 1.807) is 12.4 Å². The molecule has 1 aromatic heterocycles. The fraction of sp³-hybridized carbons (Fsp3) is 0.316. The molecule has 10 heteroatoms.